The van der Waals surface area contributed by atoms with Crippen LogP contribution in [0.5, 0.6) is 5.75 Å². The molecule has 0 saturated carbocycles. The number of amides is 1. The topological polar surface area (TPSA) is 74.0 Å². The number of carbonyl (C=O) groups is 1. The molecule has 4 aromatic rings. The van der Waals surface area contributed by atoms with Crippen LogP contribution in [0.4, 0.5) is 5.69 Å². The second kappa shape index (κ2) is 9.15. The Labute approximate surface area is 186 Å². The molecule has 0 radical (unpaired) electrons. The van der Waals surface area contributed by atoms with Crippen LogP contribution in [0.3, 0.4) is 0 Å². The van der Waals surface area contributed by atoms with E-state index in [1.165, 1.54) is 4.68 Å². The number of benzene rings is 2. The van der Waals surface area contributed by atoms with Crippen molar-refractivity contribution in [1.82, 2.24) is 19.6 Å². The lowest BCUT2D eigenvalue weighted by atomic mass is 10.2. The lowest BCUT2D eigenvalue weighted by molar-refractivity contribution is 0.102. The third-order valence-electron chi connectivity index (χ3n) is 4.20. The summed E-state index contributed by atoms with van der Waals surface area (Å²) in [6.07, 6.45) is 5.05. The molecule has 4 rings (SSSR count). The Hall–Kier alpha value is -3.10. The molecular formula is C21H17BrClN5O2. The second-order valence-electron chi connectivity index (χ2n) is 6.45. The van der Waals surface area contributed by atoms with E-state index in [1.54, 1.807) is 41.5 Å². The van der Waals surface area contributed by atoms with E-state index in [1.807, 2.05) is 36.4 Å². The van der Waals surface area contributed by atoms with Crippen LogP contribution < -0.4 is 10.1 Å². The van der Waals surface area contributed by atoms with Crippen molar-refractivity contribution < 1.29 is 9.53 Å². The molecule has 7 nitrogen and oxygen atoms in total. The van der Waals surface area contributed by atoms with Crippen molar-refractivity contribution in [1.29, 1.82) is 0 Å². The van der Waals surface area contributed by atoms with E-state index in [2.05, 4.69) is 31.4 Å². The first-order valence-electron chi connectivity index (χ1n) is 9.06. The maximum Gasteiger partial charge on any atom is 0.276 e. The second-order valence-corrected chi connectivity index (χ2v) is 7.78. The van der Waals surface area contributed by atoms with Gasteiger partial charge in [-0.2, -0.15) is 10.2 Å². The Balaban J connectivity index is 1.34. The van der Waals surface area contributed by atoms with E-state index in [9.17, 15) is 4.79 Å². The van der Waals surface area contributed by atoms with E-state index < -0.39 is 0 Å². The van der Waals surface area contributed by atoms with Gasteiger partial charge in [0, 0.05) is 16.9 Å². The van der Waals surface area contributed by atoms with Gasteiger partial charge in [-0.25, -0.2) is 4.68 Å². The first-order valence-corrected chi connectivity index (χ1v) is 10.2. The molecule has 0 fully saturated rings. The molecule has 1 N–H and O–H groups in total. The molecular weight excluding hydrogens is 470 g/mol. The van der Waals surface area contributed by atoms with Crippen LogP contribution in [-0.4, -0.2) is 25.5 Å². The smallest absolute Gasteiger partial charge is 0.276 e. The highest BCUT2D eigenvalue weighted by molar-refractivity contribution is 9.10. The van der Waals surface area contributed by atoms with Gasteiger partial charge >= 0.3 is 0 Å². The van der Waals surface area contributed by atoms with Crippen molar-refractivity contribution >= 4 is 39.1 Å². The van der Waals surface area contributed by atoms with Gasteiger partial charge in [0.1, 0.15) is 5.75 Å². The first kappa shape index (κ1) is 20.2. The van der Waals surface area contributed by atoms with Crippen molar-refractivity contribution in [3.8, 4) is 5.75 Å². The predicted octanol–water partition coefficient (Wildman–Crippen LogP) is 4.83. The number of nitrogens with zero attached hydrogens (tertiary/aromatic N) is 4. The summed E-state index contributed by atoms with van der Waals surface area (Å²) < 4.78 is 9.80. The molecule has 2 aromatic heterocycles. The molecule has 2 aromatic carbocycles. The van der Waals surface area contributed by atoms with Crippen molar-refractivity contribution in [2.45, 2.75) is 13.3 Å². The molecule has 0 bridgehead atoms. The fourth-order valence-corrected chi connectivity index (χ4v) is 3.49. The number of carbonyl (C=O) groups excluding carboxylic acids is 1. The third kappa shape index (κ3) is 5.08. The number of nitrogens with one attached hydrogen (secondary N) is 1. The summed E-state index contributed by atoms with van der Waals surface area (Å²) in [5.74, 6) is 0.210. The molecule has 30 heavy (non-hydrogen) atoms. The van der Waals surface area contributed by atoms with E-state index in [4.69, 9.17) is 16.3 Å². The Kier molecular flexibility index (Phi) is 6.15. The number of rotatable bonds is 7. The summed E-state index contributed by atoms with van der Waals surface area (Å²) >= 11 is 9.49. The van der Waals surface area contributed by atoms with E-state index in [0.717, 1.165) is 10.0 Å². The molecule has 0 aliphatic rings. The first-order chi connectivity index (χ1) is 14.6. The number of hydrogen-bond acceptors (Lipinski definition) is 4. The van der Waals surface area contributed by atoms with Crippen LogP contribution >= 0.6 is 27.5 Å². The minimum Gasteiger partial charge on any atom is -0.470 e. The fourth-order valence-electron chi connectivity index (χ4n) is 2.76. The minimum absolute atomic E-state index is 0.129. The molecule has 2 heterocycles. The lowest BCUT2D eigenvalue weighted by Crippen LogP contribution is -2.14. The van der Waals surface area contributed by atoms with Crippen LogP contribution in [0.25, 0.3) is 0 Å². The van der Waals surface area contributed by atoms with Gasteiger partial charge in [0.2, 0.25) is 0 Å². The molecule has 1 amide bonds. The number of aromatic nitrogens is 4. The summed E-state index contributed by atoms with van der Waals surface area (Å²) in [5.41, 5.74) is 2.00. The zero-order chi connectivity index (χ0) is 20.9. The van der Waals surface area contributed by atoms with Gasteiger partial charge in [-0.15, -0.1) is 0 Å². The van der Waals surface area contributed by atoms with E-state index >= 15 is 0 Å². The van der Waals surface area contributed by atoms with Crippen molar-refractivity contribution in [3.63, 3.8) is 0 Å². The van der Waals surface area contributed by atoms with Crippen molar-refractivity contribution in [3.05, 3.63) is 93.9 Å². The summed E-state index contributed by atoms with van der Waals surface area (Å²) in [4.78, 5) is 12.5. The van der Waals surface area contributed by atoms with E-state index in [0.29, 0.717) is 23.0 Å². The molecule has 0 aliphatic carbocycles. The van der Waals surface area contributed by atoms with Crippen LogP contribution in [0.15, 0.2) is 77.7 Å². The Morgan fingerprint density at radius 2 is 1.97 bits per heavy atom. The van der Waals surface area contributed by atoms with Crippen LogP contribution in [0.2, 0.25) is 5.02 Å². The van der Waals surface area contributed by atoms with Crippen LogP contribution in [0, 0.1) is 0 Å². The SMILES string of the molecule is O=C(Nc1cnn(Cc2ccccc2)c1)c1ccn(COc2ccc(Br)cc2Cl)n1. The van der Waals surface area contributed by atoms with Crippen LogP contribution in [-0.2, 0) is 13.3 Å². The third-order valence-corrected chi connectivity index (χ3v) is 4.99. The summed E-state index contributed by atoms with van der Waals surface area (Å²) in [6.45, 7) is 0.755. The van der Waals surface area contributed by atoms with Gasteiger partial charge in [-0.3, -0.25) is 9.48 Å². The van der Waals surface area contributed by atoms with Gasteiger partial charge < -0.3 is 10.1 Å². The summed E-state index contributed by atoms with van der Waals surface area (Å²) in [7, 11) is 0. The highest BCUT2D eigenvalue weighted by Gasteiger charge is 2.12. The fraction of sp³-hybridized carbons (Fsp3) is 0.0952. The predicted molar refractivity (Wildman–Crippen MR) is 118 cm³/mol. The Bertz CT molecular complexity index is 1160. The normalized spacial score (nSPS) is 10.7. The van der Waals surface area contributed by atoms with Gasteiger partial charge in [0.05, 0.1) is 23.5 Å². The Morgan fingerprint density at radius 3 is 2.77 bits per heavy atom. The highest BCUT2D eigenvalue weighted by atomic mass is 79.9. The molecule has 0 spiro atoms. The quantitative estimate of drug-likeness (QED) is 0.406. The molecule has 9 heteroatoms. The number of ether oxygens (including phenoxy) is 1. The minimum atomic E-state index is -0.324. The van der Waals surface area contributed by atoms with Gasteiger partial charge in [-0.1, -0.05) is 57.9 Å². The van der Waals surface area contributed by atoms with Crippen LogP contribution in [0.1, 0.15) is 16.1 Å². The highest BCUT2D eigenvalue weighted by Crippen LogP contribution is 2.27. The maximum atomic E-state index is 12.5. The zero-order valence-electron chi connectivity index (χ0n) is 15.7. The zero-order valence-corrected chi connectivity index (χ0v) is 18.0. The van der Waals surface area contributed by atoms with Gasteiger partial charge in [-0.05, 0) is 29.8 Å². The van der Waals surface area contributed by atoms with Gasteiger partial charge in [0.25, 0.3) is 5.91 Å². The molecule has 0 aliphatic heterocycles. The summed E-state index contributed by atoms with van der Waals surface area (Å²) in [6, 6.07) is 16.9. The van der Waals surface area contributed by atoms with Crippen molar-refractivity contribution in [2.24, 2.45) is 0 Å². The van der Waals surface area contributed by atoms with Gasteiger partial charge in [0.15, 0.2) is 12.4 Å². The molecule has 0 atom stereocenters. The lowest BCUT2D eigenvalue weighted by Gasteiger charge is -2.08. The largest absolute Gasteiger partial charge is 0.470 e. The monoisotopic (exact) mass is 485 g/mol. The average Bonchev–Trinajstić information content (AvgIpc) is 3.38. The Morgan fingerprint density at radius 1 is 1.13 bits per heavy atom. The molecule has 152 valence electrons. The number of anilines is 1. The maximum absolute atomic E-state index is 12.5. The van der Waals surface area contributed by atoms with E-state index in [-0.39, 0.29) is 18.3 Å². The number of hydrogen-bond donors (Lipinski definition) is 1. The van der Waals surface area contributed by atoms with Crippen molar-refractivity contribution in [2.75, 3.05) is 5.32 Å². The average molecular weight is 487 g/mol. The number of halogens is 2. The molecule has 0 unspecified atom stereocenters. The molecule has 0 saturated heterocycles. The standard InChI is InChI=1S/C21H17BrClN5O2/c22-16-6-7-20(18(23)10-16)30-14-27-9-8-19(26-27)21(29)25-17-11-24-28(13-17)12-15-4-2-1-3-5-15/h1-11,13H,12,14H2,(H,25,29). The summed E-state index contributed by atoms with van der Waals surface area (Å²) in [5, 5.41) is 11.8.